The second-order valence-corrected chi connectivity index (χ2v) is 15.0. The Morgan fingerprint density at radius 1 is 0.513 bits per heavy atom. The summed E-state index contributed by atoms with van der Waals surface area (Å²) in [5.41, 5.74) is -2.31. The largest absolute Gasteiger partial charge is 0.479 e. The van der Waals surface area contributed by atoms with Crippen LogP contribution in [0.25, 0.3) is 0 Å². The number of carboxylic acid groups (broad SMARTS) is 1. The fourth-order valence-electron chi connectivity index (χ4n) is 4.74. The van der Waals surface area contributed by atoms with Gasteiger partial charge in [-0.05, 0) is 19.8 Å². The predicted octanol–water partition coefficient (Wildman–Crippen LogP) is 7.25. The molecule has 0 bridgehead atoms. The van der Waals surface area contributed by atoms with Crippen molar-refractivity contribution >= 4 is 26.0 Å². The van der Waals surface area contributed by atoms with E-state index < -0.39 is 31.7 Å². The van der Waals surface area contributed by atoms with Crippen molar-refractivity contribution in [2.45, 2.75) is 168 Å². The van der Waals surface area contributed by atoms with Crippen LogP contribution in [0.15, 0.2) is 0 Å². The van der Waals surface area contributed by atoms with Gasteiger partial charge < -0.3 is 5.11 Å². The van der Waals surface area contributed by atoms with Gasteiger partial charge in [-0.2, -0.15) is 9.44 Å². The molecule has 0 radical (unpaired) electrons. The monoisotopic (exact) mass is 596 g/mol. The van der Waals surface area contributed by atoms with Crippen molar-refractivity contribution in [2.75, 3.05) is 11.5 Å². The van der Waals surface area contributed by atoms with E-state index in [1.807, 2.05) is 0 Å². The molecule has 0 aromatic rings. The van der Waals surface area contributed by atoms with Crippen molar-refractivity contribution in [3.05, 3.63) is 0 Å². The van der Waals surface area contributed by atoms with Gasteiger partial charge in [-0.15, -0.1) is 0 Å². The smallest absolute Gasteiger partial charge is 0.340 e. The summed E-state index contributed by atoms with van der Waals surface area (Å²) in [6.45, 7) is 5.46. The summed E-state index contributed by atoms with van der Waals surface area (Å²) >= 11 is 0. The molecule has 0 aliphatic rings. The van der Waals surface area contributed by atoms with Crippen LogP contribution in [0.3, 0.4) is 0 Å². The standard InChI is InChI=1S/C29H60N2O6S2/c1-4-6-8-10-12-14-16-18-20-22-24-26-38(34,35)30-29(3,28(32)33)31-39(36,37)27-25-23-21-19-17-15-13-11-9-7-5-2/h30-31H,4-27H2,1-3H3,(H,32,33). The van der Waals surface area contributed by atoms with Crippen molar-refractivity contribution in [3.63, 3.8) is 0 Å². The summed E-state index contributed by atoms with van der Waals surface area (Å²) < 4.78 is 54.4. The highest BCUT2D eigenvalue weighted by molar-refractivity contribution is 7.90. The highest BCUT2D eigenvalue weighted by Gasteiger charge is 2.40. The van der Waals surface area contributed by atoms with Crippen molar-refractivity contribution in [1.82, 2.24) is 9.44 Å². The molecule has 0 aliphatic carbocycles. The number of sulfonamides is 2. The number of carboxylic acids is 1. The predicted molar refractivity (Wildman–Crippen MR) is 163 cm³/mol. The number of carbonyl (C=O) groups is 1. The van der Waals surface area contributed by atoms with Crippen molar-refractivity contribution in [3.8, 4) is 0 Å². The summed E-state index contributed by atoms with van der Waals surface area (Å²) in [5, 5.41) is 9.63. The third kappa shape index (κ3) is 22.6. The van der Waals surface area contributed by atoms with Crippen molar-refractivity contribution in [1.29, 1.82) is 0 Å². The minimum atomic E-state index is -3.97. The van der Waals surface area contributed by atoms with Crippen LogP contribution in [0.2, 0.25) is 0 Å². The van der Waals surface area contributed by atoms with Gasteiger partial charge in [0.1, 0.15) is 0 Å². The topological polar surface area (TPSA) is 130 Å². The Kier molecular flexibility index (Phi) is 22.5. The molecule has 0 aromatic carbocycles. The van der Waals surface area contributed by atoms with Gasteiger partial charge >= 0.3 is 5.97 Å². The third-order valence-electron chi connectivity index (χ3n) is 7.18. The molecule has 0 atom stereocenters. The van der Waals surface area contributed by atoms with E-state index in [9.17, 15) is 26.7 Å². The molecule has 0 amide bonds. The molecule has 0 saturated heterocycles. The van der Waals surface area contributed by atoms with Crippen LogP contribution in [-0.2, 0) is 24.8 Å². The van der Waals surface area contributed by atoms with Gasteiger partial charge in [0.2, 0.25) is 20.0 Å². The lowest BCUT2D eigenvalue weighted by Crippen LogP contribution is -2.63. The number of rotatable bonds is 29. The molecule has 3 N–H and O–H groups in total. The van der Waals surface area contributed by atoms with E-state index in [0.717, 1.165) is 58.3 Å². The van der Waals surface area contributed by atoms with E-state index in [1.165, 1.54) is 77.0 Å². The van der Waals surface area contributed by atoms with Crippen molar-refractivity contribution < 1.29 is 26.7 Å². The Hall–Kier alpha value is -0.710. The lowest BCUT2D eigenvalue weighted by molar-refractivity contribution is -0.143. The molecule has 0 rings (SSSR count). The zero-order valence-electron chi connectivity index (χ0n) is 25.3. The Morgan fingerprint density at radius 2 is 0.744 bits per heavy atom. The number of nitrogens with one attached hydrogen (secondary N) is 2. The normalized spacial score (nSPS) is 12.7. The SMILES string of the molecule is CCCCCCCCCCCCCS(=O)(=O)NC(C)(NS(=O)(=O)CCCCCCCCCCCCC)C(=O)O. The third-order valence-corrected chi connectivity index (χ3v) is 10.3. The first-order valence-corrected chi connectivity index (χ1v) is 19.0. The molecule has 0 aliphatic heterocycles. The molecule has 39 heavy (non-hydrogen) atoms. The van der Waals surface area contributed by atoms with Crippen LogP contribution in [0, 0.1) is 0 Å². The van der Waals surface area contributed by atoms with Gasteiger partial charge in [-0.25, -0.2) is 21.6 Å². The molecule has 0 aromatic heterocycles. The zero-order chi connectivity index (χ0) is 29.5. The summed E-state index contributed by atoms with van der Waals surface area (Å²) in [7, 11) is -7.94. The Labute approximate surface area is 241 Å². The van der Waals surface area contributed by atoms with Gasteiger partial charge in [-0.1, -0.05) is 142 Å². The van der Waals surface area contributed by atoms with Gasteiger partial charge in [0.05, 0.1) is 11.5 Å². The fraction of sp³-hybridized carbons (Fsp3) is 0.966. The molecule has 0 unspecified atom stereocenters. The second-order valence-electron chi connectivity index (χ2n) is 11.3. The minimum absolute atomic E-state index is 0.229. The first kappa shape index (κ1) is 38.3. The number of aliphatic carboxylic acids is 1. The van der Waals surface area contributed by atoms with E-state index in [1.54, 1.807) is 0 Å². The summed E-state index contributed by atoms with van der Waals surface area (Å²) in [6, 6.07) is 0. The minimum Gasteiger partial charge on any atom is -0.479 e. The number of hydrogen-bond acceptors (Lipinski definition) is 5. The van der Waals surface area contributed by atoms with E-state index in [4.69, 9.17) is 0 Å². The molecule has 0 spiro atoms. The Morgan fingerprint density at radius 3 is 0.974 bits per heavy atom. The van der Waals surface area contributed by atoms with Gasteiger partial charge in [0, 0.05) is 0 Å². The Balaban J connectivity index is 4.26. The maximum atomic E-state index is 12.5. The maximum absolute atomic E-state index is 12.5. The second kappa shape index (κ2) is 22.9. The van der Waals surface area contributed by atoms with Crippen LogP contribution < -0.4 is 9.44 Å². The summed E-state index contributed by atoms with van der Waals surface area (Å²) in [5.74, 6) is -2.03. The first-order chi connectivity index (χ1) is 18.5. The highest BCUT2D eigenvalue weighted by Crippen LogP contribution is 2.14. The maximum Gasteiger partial charge on any atom is 0.340 e. The van der Waals surface area contributed by atoms with Crippen LogP contribution in [0.1, 0.15) is 162 Å². The molecular formula is C29H60N2O6S2. The molecule has 234 valence electrons. The molecule has 8 nitrogen and oxygen atoms in total. The summed E-state index contributed by atoms with van der Waals surface area (Å²) in [6.07, 6.45) is 23.8. The molecule has 0 heterocycles. The highest BCUT2D eigenvalue weighted by atomic mass is 32.2. The molecule has 0 saturated carbocycles. The van der Waals surface area contributed by atoms with Crippen LogP contribution >= 0.6 is 0 Å². The van der Waals surface area contributed by atoms with Gasteiger partial charge in [0.25, 0.3) is 0 Å². The summed E-state index contributed by atoms with van der Waals surface area (Å²) in [4.78, 5) is 11.8. The van der Waals surface area contributed by atoms with E-state index in [0.29, 0.717) is 12.8 Å². The quantitative estimate of drug-likeness (QED) is 0.0616. The van der Waals surface area contributed by atoms with E-state index >= 15 is 0 Å². The van der Waals surface area contributed by atoms with Crippen LogP contribution in [0.4, 0.5) is 0 Å². The van der Waals surface area contributed by atoms with Crippen molar-refractivity contribution in [2.24, 2.45) is 0 Å². The fourth-order valence-corrected chi connectivity index (χ4v) is 7.70. The van der Waals surface area contributed by atoms with E-state index in [-0.39, 0.29) is 11.5 Å². The van der Waals surface area contributed by atoms with Crippen LogP contribution in [-0.4, -0.2) is 45.1 Å². The Bertz CT molecular complexity index is 758. The van der Waals surface area contributed by atoms with Crippen LogP contribution in [0.5, 0.6) is 0 Å². The lowest BCUT2D eigenvalue weighted by Gasteiger charge is -2.27. The molecular weight excluding hydrogens is 536 g/mol. The molecule has 0 fully saturated rings. The average Bonchev–Trinajstić information content (AvgIpc) is 2.85. The van der Waals surface area contributed by atoms with Gasteiger partial charge in [0.15, 0.2) is 5.66 Å². The zero-order valence-corrected chi connectivity index (χ0v) is 26.9. The number of hydrogen-bond donors (Lipinski definition) is 3. The lowest BCUT2D eigenvalue weighted by atomic mass is 10.1. The van der Waals surface area contributed by atoms with Gasteiger partial charge in [-0.3, -0.25) is 0 Å². The molecule has 10 heteroatoms. The first-order valence-electron chi connectivity index (χ1n) is 15.7. The average molecular weight is 597 g/mol. The van der Waals surface area contributed by atoms with E-state index in [2.05, 4.69) is 23.3 Å². The number of unbranched alkanes of at least 4 members (excludes halogenated alkanes) is 20.